The van der Waals surface area contributed by atoms with E-state index in [2.05, 4.69) is 0 Å². The second kappa shape index (κ2) is 4.72. The number of hydrogen-bond donors (Lipinski definition) is 1. The minimum atomic E-state index is -0.421. The van der Waals surface area contributed by atoms with E-state index >= 15 is 0 Å². The second-order valence-corrected chi connectivity index (χ2v) is 6.85. The van der Waals surface area contributed by atoms with Crippen molar-refractivity contribution in [3.05, 3.63) is 34.6 Å². The molecule has 1 saturated heterocycles. The molecule has 0 aromatic heterocycles. The monoisotopic (exact) mass is 285 g/mol. The van der Waals surface area contributed by atoms with E-state index in [1.165, 1.54) is 6.07 Å². The lowest BCUT2D eigenvalue weighted by Gasteiger charge is -2.31. The van der Waals surface area contributed by atoms with E-state index < -0.39 is 11.9 Å². The van der Waals surface area contributed by atoms with Crippen LogP contribution in [0.1, 0.15) is 45.7 Å². The van der Waals surface area contributed by atoms with E-state index in [9.17, 15) is 4.39 Å². The second-order valence-electron chi connectivity index (χ2n) is 6.44. The Morgan fingerprint density at radius 2 is 2.00 bits per heavy atom. The van der Waals surface area contributed by atoms with Crippen molar-refractivity contribution in [2.24, 2.45) is 11.7 Å². The first kappa shape index (κ1) is 14.8. The van der Waals surface area contributed by atoms with E-state index in [1.807, 2.05) is 27.7 Å². The summed E-state index contributed by atoms with van der Waals surface area (Å²) in [7, 11) is 0. The molecule has 1 aliphatic rings. The van der Waals surface area contributed by atoms with E-state index in [0.717, 1.165) is 6.42 Å². The van der Waals surface area contributed by atoms with Gasteiger partial charge in [-0.2, -0.15) is 0 Å². The van der Waals surface area contributed by atoms with Crippen LogP contribution in [0, 0.1) is 11.7 Å². The summed E-state index contributed by atoms with van der Waals surface area (Å²) >= 11 is 5.83. The van der Waals surface area contributed by atoms with Gasteiger partial charge in [0.2, 0.25) is 0 Å². The van der Waals surface area contributed by atoms with Gasteiger partial charge in [-0.25, -0.2) is 4.39 Å². The normalized spacial score (nSPS) is 26.4. The highest BCUT2D eigenvalue weighted by Gasteiger charge is 2.48. The lowest BCUT2D eigenvalue weighted by Crippen LogP contribution is -2.36. The summed E-state index contributed by atoms with van der Waals surface area (Å²) in [5, 5.41) is 0.115. The molecule has 1 heterocycles. The summed E-state index contributed by atoms with van der Waals surface area (Å²) in [6.45, 7) is 8.09. The van der Waals surface area contributed by atoms with Crippen LogP contribution in [0.3, 0.4) is 0 Å². The Morgan fingerprint density at radius 1 is 1.37 bits per heavy atom. The number of rotatable bonds is 2. The molecule has 0 saturated carbocycles. The van der Waals surface area contributed by atoms with Gasteiger partial charge in [0.15, 0.2) is 0 Å². The van der Waals surface area contributed by atoms with Crippen molar-refractivity contribution in [1.82, 2.24) is 0 Å². The Kier molecular flexibility index (Phi) is 3.67. The Labute approximate surface area is 119 Å². The molecule has 2 nitrogen and oxygen atoms in total. The zero-order chi connectivity index (χ0) is 14.4. The first-order chi connectivity index (χ1) is 8.64. The number of benzene rings is 1. The molecule has 1 aliphatic heterocycles. The van der Waals surface area contributed by atoms with E-state index in [4.69, 9.17) is 22.1 Å². The molecule has 0 radical (unpaired) electrons. The number of ether oxygens (including phenoxy) is 1. The molecule has 1 aromatic rings. The highest BCUT2D eigenvalue weighted by Crippen LogP contribution is 2.47. The van der Waals surface area contributed by atoms with Crippen LogP contribution in [-0.2, 0) is 4.74 Å². The van der Waals surface area contributed by atoms with Gasteiger partial charge >= 0.3 is 0 Å². The topological polar surface area (TPSA) is 35.2 Å². The van der Waals surface area contributed by atoms with E-state index in [-0.39, 0.29) is 22.1 Å². The summed E-state index contributed by atoms with van der Waals surface area (Å²) in [6, 6.07) is 4.55. The number of hydrogen-bond acceptors (Lipinski definition) is 2. The van der Waals surface area contributed by atoms with E-state index in [0.29, 0.717) is 5.56 Å². The zero-order valence-electron chi connectivity index (χ0n) is 11.8. The Bertz CT molecular complexity index is 487. The molecule has 19 heavy (non-hydrogen) atoms. The molecular weight excluding hydrogens is 265 g/mol. The molecule has 0 spiro atoms. The van der Waals surface area contributed by atoms with Crippen molar-refractivity contribution in [2.75, 3.05) is 0 Å². The van der Waals surface area contributed by atoms with Gasteiger partial charge in [0.1, 0.15) is 5.82 Å². The highest BCUT2D eigenvalue weighted by molar-refractivity contribution is 6.30. The quantitative estimate of drug-likeness (QED) is 0.889. The fourth-order valence-corrected chi connectivity index (χ4v) is 3.34. The Balaban J connectivity index is 2.34. The molecule has 0 aliphatic carbocycles. The molecule has 2 unspecified atom stereocenters. The average Bonchev–Trinajstić information content (AvgIpc) is 2.50. The zero-order valence-corrected chi connectivity index (χ0v) is 12.6. The van der Waals surface area contributed by atoms with Crippen LogP contribution in [0.25, 0.3) is 0 Å². The van der Waals surface area contributed by atoms with Crippen LogP contribution in [0.15, 0.2) is 18.2 Å². The van der Waals surface area contributed by atoms with Crippen LogP contribution in [0.4, 0.5) is 4.39 Å². The largest absolute Gasteiger partial charge is 0.369 e. The van der Waals surface area contributed by atoms with Crippen LogP contribution < -0.4 is 5.73 Å². The smallest absolute Gasteiger partial charge is 0.146 e. The van der Waals surface area contributed by atoms with Gasteiger partial charge in [0.05, 0.1) is 16.2 Å². The van der Waals surface area contributed by atoms with Crippen LogP contribution in [-0.4, -0.2) is 11.2 Å². The summed E-state index contributed by atoms with van der Waals surface area (Å²) in [5.41, 5.74) is 6.14. The lowest BCUT2D eigenvalue weighted by molar-refractivity contribution is -0.0768. The molecule has 1 fully saturated rings. The molecule has 106 valence electrons. The fraction of sp³-hybridized carbons (Fsp3) is 0.600. The maximum Gasteiger partial charge on any atom is 0.146 e. The maximum absolute atomic E-state index is 14.1. The third kappa shape index (κ3) is 2.78. The summed E-state index contributed by atoms with van der Waals surface area (Å²) in [4.78, 5) is 0. The standard InChI is InChI=1S/C15H21ClFNO/c1-14(2)8-10(15(3,4)19-14)13(18)9-6-5-7-11(16)12(9)17/h5-7,10,13H,8,18H2,1-4H3. The van der Waals surface area contributed by atoms with Gasteiger partial charge in [-0.05, 0) is 40.2 Å². The van der Waals surface area contributed by atoms with Crippen LogP contribution in [0.2, 0.25) is 5.02 Å². The molecule has 2 atom stereocenters. The van der Waals surface area contributed by atoms with Crippen molar-refractivity contribution in [1.29, 1.82) is 0 Å². The Morgan fingerprint density at radius 3 is 2.53 bits per heavy atom. The number of nitrogens with two attached hydrogens (primary N) is 1. The third-order valence-corrected chi connectivity index (χ3v) is 4.21. The molecule has 0 amide bonds. The number of halogens is 2. The van der Waals surface area contributed by atoms with Crippen molar-refractivity contribution in [2.45, 2.75) is 51.4 Å². The SMILES string of the molecule is CC1(C)CC(C(N)c2cccc(Cl)c2F)C(C)(C)O1. The predicted octanol–water partition coefficient (Wildman–Crippen LogP) is 4.07. The van der Waals surface area contributed by atoms with Gasteiger partial charge in [-0.1, -0.05) is 23.7 Å². The summed E-state index contributed by atoms with van der Waals surface area (Å²) < 4.78 is 20.1. The van der Waals surface area contributed by atoms with Crippen LogP contribution in [0.5, 0.6) is 0 Å². The fourth-order valence-electron chi connectivity index (χ4n) is 3.16. The molecule has 0 bridgehead atoms. The molecular formula is C15H21ClFNO. The van der Waals surface area contributed by atoms with Crippen LogP contribution >= 0.6 is 11.6 Å². The maximum atomic E-state index is 14.1. The third-order valence-electron chi connectivity index (χ3n) is 3.92. The predicted molar refractivity (Wildman–Crippen MR) is 75.7 cm³/mol. The van der Waals surface area contributed by atoms with Gasteiger partial charge in [-0.3, -0.25) is 0 Å². The van der Waals surface area contributed by atoms with Crippen molar-refractivity contribution in [3.8, 4) is 0 Å². The van der Waals surface area contributed by atoms with Gasteiger partial charge in [0, 0.05) is 17.5 Å². The summed E-state index contributed by atoms with van der Waals surface area (Å²) in [5.74, 6) is -0.368. The molecule has 1 aromatic carbocycles. The van der Waals surface area contributed by atoms with Gasteiger partial charge < -0.3 is 10.5 Å². The van der Waals surface area contributed by atoms with E-state index in [1.54, 1.807) is 12.1 Å². The van der Waals surface area contributed by atoms with Gasteiger partial charge in [-0.15, -0.1) is 0 Å². The average molecular weight is 286 g/mol. The van der Waals surface area contributed by atoms with Gasteiger partial charge in [0.25, 0.3) is 0 Å². The first-order valence-electron chi connectivity index (χ1n) is 6.54. The summed E-state index contributed by atoms with van der Waals surface area (Å²) in [6.07, 6.45) is 0.799. The lowest BCUT2D eigenvalue weighted by atomic mass is 9.79. The molecule has 4 heteroatoms. The van der Waals surface area contributed by atoms with Crippen molar-refractivity contribution in [3.63, 3.8) is 0 Å². The highest BCUT2D eigenvalue weighted by atomic mass is 35.5. The van der Waals surface area contributed by atoms with Crippen molar-refractivity contribution >= 4 is 11.6 Å². The van der Waals surface area contributed by atoms with Crippen molar-refractivity contribution < 1.29 is 9.13 Å². The minimum Gasteiger partial charge on any atom is -0.369 e. The molecule has 2 rings (SSSR count). The first-order valence-corrected chi connectivity index (χ1v) is 6.91. The molecule has 2 N–H and O–H groups in total. The minimum absolute atomic E-state index is 0.0514. The Hall–Kier alpha value is -0.640.